The standard InChI is InChI=1S/C23H26O6/c1-23(2,3)17-8-10-18(11-9-17)28-15-22(25)29-19-12-6-16(14-20(19)26-4)7-13-21(24)27-5/h6-14H,15H2,1-5H3/b13-7+. The van der Waals surface area contributed by atoms with E-state index in [0.29, 0.717) is 17.1 Å². The Labute approximate surface area is 171 Å². The van der Waals surface area contributed by atoms with Crippen LogP contribution in [0.2, 0.25) is 0 Å². The van der Waals surface area contributed by atoms with Crippen molar-refractivity contribution < 1.29 is 28.5 Å². The predicted molar refractivity (Wildman–Crippen MR) is 110 cm³/mol. The van der Waals surface area contributed by atoms with Crippen LogP contribution in [0, 0.1) is 0 Å². The van der Waals surface area contributed by atoms with Crippen LogP contribution in [0.5, 0.6) is 17.2 Å². The van der Waals surface area contributed by atoms with Gasteiger partial charge in [0.25, 0.3) is 0 Å². The fraction of sp³-hybridized carbons (Fsp3) is 0.304. The molecule has 2 rings (SSSR count). The SMILES string of the molecule is COC(=O)/C=C/c1ccc(OC(=O)COc2ccc(C(C)(C)C)cc2)c(OC)c1. The van der Waals surface area contributed by atoms with Gasteiger partial charge in [-0.3, -0.25) is 0 Å². The van der Waals surface area contributed by atoms with Gasteiger partial charge in [-0.25, -0.2) is 9.59 Å². The van der Waals surface area contributed by atoms with E-state index in [2.05, 4.69) is 25.5 Å². The topological polar surface area (TPSA) is 71.1 Å². The van der Waals surface area contributed by atoms with Crippen molar-refractivity contribution in [1.29, 1.82) is 0 Å². The number of esters is 2. The molecule has 0 atom stereocenters. The summed E-state index contributed by atoms with van der Waals surface area (Å²) in [6.45, 7) is 6.15. The largest absolute Gasteiger partial charge is 0.493 e. The van der Waals surface area contributed by atoms with Gasteiger partial charge in [0, 0.05) is 6.08 Å². The number of methoxy groups -OCH3 is 2. The van der Waals surface area contributed by atoms with Gasteiger partial charge in [-0.05, 0) is 46.9 Å². The van der Waals surface area contributed by atoms with Gasteiger partial charge in [-0.1, -0.05) is 39.0 Å². The van der Waals surface area contributed by atoms with Gasteiger partial charge in [-0.2, -0.15) is 0 Å². The van der Waals surface area contributed by atoms with Crippen LogP contribution in [0.3, 0.4) is 0 Å². The molecule has 6 nitrogen and oxygen atoms in total. The molecule has 0 spiro atoms. The van der Waals surface area contributed by atoms with Gasteiger partial charge in [0.15, 0.2) is 18.1 Å². The van der Waals surface area contributed by atoms with E-state index in [-0.39, 0.29) is 17.8 Å². The third kappa shape index (κ3) is 6.68. The van der Waals surface area contributed by atoms with Crippen molar-refractivity contribution in [2.24, 2.45) is 0 Å². The van der Waals surface area contributed by atoms with Crippen LogP contribution >= 0.6 is 0 Å². The lowest BCUT2D eigenvalue weighted by molar-refractivity contribution is -0.137. The molecule has 0 radical (unpaired) electrons. The molecule has 2 aromatic rings. The minimum atomic E-state index is -0.555. The van der Waals surface area contributed by atoms with Crippen molar-refractivity contribution in [3.8, 4) is 17.2 Å². The van der Waals surface area contributed by atoms with E-state index in [0.717, 1.165) is 0 Å². The molecule has 0 bridgehead atoms. The normalized spacial score (nSPS) is 11.2. The van der Waals surface area contributed by atoms with Crippen LogP contribution in [0.4, 0.5) is 0 Å². The summed E-state index contributed by atoms with van der Waals surface area (Å²) >= 11 is 0. The maximum Gasteiger partial charge on any atom is 0.349 e. The molecule has 0 aliphatic heterocycles. The fourth-order valence-electron chi connectivity index (χ4n) is 2.45. The van der Waals surface area contributed by atoms with Crippen LogP contribution in [0.25, 0.3) is 6.08 Å². The Hall–Kier alpha value is -3.28. The zero-order valence-corrected chi connectivity index (χ0v) is 17.4. The van der Waals surface area contributed by atoms with Gasteiger partial charge in [0.1, 0.15) is 5.75 Å². The molecular weight excluding hydrogens is 372 g/mol. The van der Waals surface area contributed by atoms with Crippen molar-refractivity contribution >= 4 is 18.0 Å². The summed E-state index contributed by atoms with van der Waals surface area (Å²) in [4.78, 5) is 23.3. The second-order valence-electron chi connectivity index (χ2n) is 7.30. The second-order valence-corrected chi connectivity index (χ2v) is 7.30. The molecule has 0 fully saturated rings. The number of hydrogen-bond donors (Lipinski definition) is 0. The Balaban J connectivity index is 1.97. The third-order valence-electron chi connectivity index (χ3n) is 4.10. The average molecular weight is 398 g/mol. The van der Waals surface area contributed by atoms with E-state index < -0.39 is 11.9 Å². The monoisotopic (exact) mass is 398 g/mol. The van der Waals surface area contributed by atoms with Gasteiger partial charge in [-0.15, -0.1) is 0 Å². The van der Waals surface area contributed by atoms with Crippen molar-refractivity contribution in [3.63, 3.8) is 0 Å². The summed E-state index contributed by atoms with van der Waals surface area (Å²) in [6.07, 6.45) is 2.86. The Morgan fingerprint density at radius 3 is 2.24 bits per heavy atom. The number of benzene rings is 2. The molecule has 0 heterocycles. The second kappa shape index (κ2) is 9.78. The number of hydrogen-bond acceptors (Lipinski definition) is 6. The molecule has 0 saturated heterocycles. The van der Waals surface area contributed by atoms with Crippen molar-refractivity contribution in [2.75, 3.05) is 20.8 Å². The summed E-state index contributed by atoms with van der Waals surface area (Å²) < 4.78 is 20.6. The third-order valence-corrected chi connectivity index (χ3v) is 4.10. The maximum atomic E-state index is 12.1. The maximum absolute atomic E-state index is 12.1. The van der Waals surface area contributed by atoms with Crippen LogP contribution in [-0.4, -0.2) is 32.8 Å². The lowest BCUT2D eigenvalue weighted by atomic mass is 9.87. The first-order valence-corrected chi connectivity index (χ1v) is 9.11. The first-order valence-electron chi connectivity index (χ1n) is 9.11. The van der Waals surface area contributed by atoms with Crippen molar-refractivity contribution in [3.05, 3.63) is 59.7 Å². The number of rotatable bonds is 7. The Bertz CT molecular complexity index is 875. The Morgan fingerprint density at radius 1 is 0.966 bits per heavy atom. The van der Waals surface area contributed by atoms with Gasteiger partial charge >= 0.3 is 11.9 Å². The van der Waals surface area contributed by atoms with Crippen LogP contribution < -0.4 is 14.2 Å². The molecule has 0 aliphatic carbocycles. The zero-order valence-electron chi connectivity index (χ0n) is 17.4. The summed E-state index contributed by atoms with van der Waals surface area (Å²) in [5, 5.41) is 0. The number of carbonyl (C=O) groups excluding carboxylic acids is 2. The zero-order chi connectivity index (χ0) is 21.4. The highest BCUT2D eigenvalue weighted by atomic mass is 16.6. The highest BCUT2D eigenvalue weighted by Crippen LogP contribution is 2.29. The summed E-state index contributed by atoms with van der Waals surface area (Å²) in [5.74, 6) is 0.192. The van der Waals surface area contributed by atoms with E-state index in [1.54, 1.807) is 24.3 Å². The van der Waals surface area contributed by atoms with E-state index in [1.165, 1.54) is 25.9 Å². The molecule has 0 amide bonds. The quantitative estimate of drug-likeness (QED) is 0.396. The van der Waals surface area contributed by atoms with Crippen molar-refractivity contribution in [2.45, 2.75) is 26.2 Å². The number of ether oxygens (including phenoxy) is 4. The molecule has 6 heteroatoms. The highest BCUT2D eigenvalue weighted by molar-refractivity contribution is 5.87. The summed E-state index contributed by atoms with van der Waals surface area (Å²) in [6, 6.07) is 12.5. The Morgan fingerprint density at radius 2 is 1.66 bits per heavy atom. The molecule has 0 aromatic heterocycles. The molecule has 154 valence electrons. The molecular formula is C23H26O6. The van der Waals surface area contributed by atoms with E-state index in [4.69, 9.17) is 14.2 Å². The van der Waals surface area contributed by atoms with Crippen LogP contribution in [-0.2, 0) is 19.7 Å². The molecule has 0 saturated carbocycles. The lowest BCUT2D eigenvalue weighted by Crippen LogP contribution is -2.18. The van der Waals surface area contributed by atoms with Crippen LogP contribution in [0.15, 0.2) is 48.5 Å². The predicted octanol–water partition coefficient (Wildman–Crippen LogP) is 4.16. The highest BCUT2D eigenvalue weighted by Gasteiger charge is 2.14. The molecule has 0 aliphatic rings. The summed E-state index contributed by atoms with van der Waals surface area (Å²) in [5.41, 5.74) is 1.92. The molecule has 0 unspecified atom stereocenters. The number of carbonyl (C=O) groups is 2. The fourth-order valence-corrected chi connectivity index (χ4v) is 2.45. The first-order chi connectivity index (χ1) is 13.7. The minimum Gasteiger partial charge on any atom is -0.493 e. The van der Waals surface area contributed by atoms with E-state index in [9.17, 15) is 9.59 Å². The first kappa shape index (κ1) is 22.0. The van der Waals surface area contributed by atoms with Gasteiger partial charge in [0.2, 0.25) is 0 Å². The Kier molecular flexibility index (Phi) is 7.42. The molecule has 29 heavy (non-hydrogen) atoms. The summed E-state index contributed by atoms with van der Waals surface area (Å²) in [7, 11) is 2.77. The van der Waals surface area contributed by atoms with E-state index in [1.807, 2.05) is 24.3 Å². The minimum absolute atomic E-state index is 0.0478. The van der Waals surface area contributed by atoms with Crippen molar-refractivity contribution in [1.82, 2.24) is 0 Å². The van der Waals surface area contributed by atoms with Gasteiger partial charge in [0.05, 0.1) is 14.2 Å². The smallest absolute Gasteiger partial charge is 0.349 e. The average Bonchev–Trinajstić information content (AvgIpc) is 2.70. The molecule has 0 N–H and O–H groups in total. The lowest BCUT2D eigenvalue weighted by Gasteiger charge is -2.19. The van der Waals surface area contributed by atoms with Crippen LogP contribution in [0.1, 0.15) is 31.9 Å². The van der Waals surface area contributed by atoms with Gasteiger partial charge < -0.3 is 18.9 Å². The molecule has 2 aromatic carbocycles. The van der Waals surface area contributed by atoms with E-state index >= 15 is 0 Å².